The first-order chi connectivity index (χ1) is 13.7. The monoisotopic (exact) mass is 406 g/mol. The van der Waals surface area contributed by atoms with Crippen molar-refractivity contribution in [3.05, 3.63) is 18.4 Å². The third-order valence-electron chi connectivity index (χ3n) is 4.68. The fourth-order valence-corrected chi connectivity index (χ4v) is 4.07. The summed E-state index contributed by atoms with van der Waals surface area (Å²) in [7, 11) is 0. The van der Waals surface area contributed by atoms with Crippen molar-refractivity contribution in [2.24, 2.45) is 0 Å². The highest BCUT2D eigenvalue weighted by molar-refractivity contribution is 7.99. The summed E-state index contributed by atoms with van der Waals surface area (Å²) in [5, 5.41) is 11.8. The van der Waals surface area contributed by atoms with E-state index >= 15 is 0 Å². The Labute approximate surface area is 168 Å². The van der Waals surface area contributed by atoms with Crippen LogP contribution in [0.2, 0.25) is 0 Å². The van der Waals surface area contributed by atoms with Crippen LogP contribution >= 0.6 is 11.8 Å². The van der Waals surface area contributed by atoms with Gasteiger partial charge in [-0.25, -0.2) is 0 Å². The van der Waals surface area contributed by atoms with Gasteiger partial charge in [-0.1, -0.05) is 37.4 Å². The summed E-state index contributed by atoms with van der Waals surface area (Å²) >= 11 is 1.23. The van der Waals surface area contributed by atoms with Crippen molar-refractivity contribution >= 4 is 23.6 Å². The largest absolute Gasteiger partial charge is 0.461 e. The standard InChI is InChI=1S/C19H26N4O4S/c1-2-23-18(15-10-7-11-26-15)21-22-19(23)28-13-17(25)27-12-16(24)20-14-8-5-3-4-6-9-14/h7,10-11,14H,2-6,8-9,12-13H2,1H3,(H,20,24). The van der Waals surface area contributed by atoms with Crippen LogP contribution in [-0.2, 0) is 20.9 Å². The molecule has 1 fully saturated rings. The number of nitrogens with zero attached hydrogens (tertiary/aromatic N) is 3. The Morgan fingerprint density at radius 3 is 2.75 bits per heavy atom. The zero-order chi connectivity index (χ0) is 19.8. The lowest BCUT2D eigenvalue weighted by Crippen LogP contribution is -2.37. The van der Waals surface area contributed by atoms with Gasteiger partial charge in [-0.2, -0.15) is 0 Å². The lowest BCUT2D eigenvalue weighted by molar-refractivity contribution is -0.146. The average Bonchev–Trinajstić information content (AvgIpc) is 3.29. The van der Waals surface area contributed by atoms with E-state index in [9.17, 15) is 9.59 Å². The van der Waals surface area contributed by atoms with Gasteiger partial charge in [0.1, 0.15) is 0 Å². The molecule has 0 atom stereocenters. The van der Waals surface area contributed by atoms with Gasteiger partial charge in [-0.05, 0) is 31.9 Å². The second kappa shape index (κ2) is 10.3. The molecule has 0 bridgehead atoms. The van der Waals surface area contributed by atoms with E-state index in [1.807, 2.05) is 17.6 Å². The summed E-state index contributed by atoms with van der Waals surface area (Å²) in [5.74, 6) is 0.617. The number of thioether (sulfide) groups is 1. The molecule has 1 saturated carbocycles. The highest BCUT2D eigenvalue weighted by atomic mass is 32.2. The van der Waals surface area contributed by atoms with Gasteiger partial charge in [0, 0.05) is 12.6 Å². The number of hydrogen-bond donors (Lipinski definition) is 1. The first kappa shape index (κ1) is 20.4. The lowest BCUT2D eigenvalue weighted by Gasteiger charge is -2.16. The maximum absolute atomic E-state index is 12.0. The predicted molar refractivity (Wildman–Crippen MR) is 105 cm³/mol. The molecule has 0 aromatic carbocycles. The van der Waals surface area contributed by atoms with Gasteiger partial charge in [0.15, 0.2) is 23.3 Å². The highest BCUT2D eigenvalue weighted by Gasteiger charge is 2.18. The number of carbonyl (C=O) groups is 2. The Morgan fingerprint density at radius 2 is 2.07 bits per heavy atom. The molecule has 0 radical (unpaired) electrons. The SMILES string of the molecule is CCn1c(SCC(=O)OCC(=O)NC2CCCCCC2)nnc1-c1ccco1. The number of nitrogens with one attached hydrogen (secondary N) is 1. The Hall–Kier alpha value is -2.29. The summed E-state index contributed by atoms with van der Waals surface area (Å²) in [6, 6.07) is 3.80. The van der Waals surface area contributed by atoms with E-state index in [-0.39, 0.29) is 24.3 Å². The van der Waals surface area contributed by atoms with Crippen molar-refractivity contribution in [2.45, 2.75) is 63.2 Å². The Bertz CT molecular complexity index is 767. The van der Waals surface area contributed by atoms with Crippen molar-refractivity contribution in [1.29, 1.82) is 0 Å². The molecule has 152 valence electrons. The quantitative estimate of drug-likeness (QED) is 0.409. The summed E-state index contributed by atoms with van der Waals surface area (Å²) in [6.07, 6.45) is 8.30. The van der Waals surface area contributed by atoms with Gasteiger partial charge >= 0.3 is 5.97 Å². The number of rotatable bonds is 8. The van der Waals surface area contributed by atoms with Crippen LogP contribution in [0.4, 0.5) is 0 Å². The normalized spacial score (nSPS) is 15.2. The number of carbonyl (C=O) groups excluding carboxylic acids is 2. The minimum atomic E-state index is -0.453. The summed E-state index contributed by atoms with van der Waals surface area (Å²) in [5.41, 5.74) is 0. The zero-order valence-corrected chi connectivity index (χ0v) is 16.9. The fraction of sp³-hybridized carbons (Fsp3) is 0.579. The Balaban J connectivity index is 1.43. The molecule has 0 aliphatic heterocycles. The first-order valence-corrected chi connectivity index (χ1v) is 10.7. The van der Waals surface area contributed by atoms with E-state index in [1.54, 1.807) is 12.3 Å². The number of aromatic nitrogens is 3. The number of esters is 1. The van der Waals surface area contributed by atoms with E-state index in [4.69, 9.17) is 9.15 Å². The highest BCUT2D eigenvalue weighted by Crippen LogP contribution is 2.24. The number of amides is 1. The molecule has 2 aromatic heterocycles. The van der Waals surface area contributed by atoms with E-state index in [0.717, 1.165) is 25.7 Å². The minimum absolute atomic E-state index is 0.0625. The maximum atomic E-state index is 12.0. The Morgan fingerprint density at radius 1 is 1.29 bits per heavy atom. The van der Waals surface area contributed by atoms with Crippen molar-refractivity contribution in [2.75, 3.05) is 12.4 Å². The second-order valence-corrected chi connectivity index (χ2v) is 7.68. The van der Waals surface area contributed by atoms with Crippen LogP contribution in [-0.4, -0.2) is 45.0 Å². The smallest absolute Gasteiger partial charge is 0.316 e. The molecule has 2 heterocycles. The van der Waals surface area contributed by atoms with Crippen LogP contribution in [0.5, 0.6) is 0 Å². The van der Waals surface area contributed by atoms with Gasteiger partial charge in [-0.15, -0.1) is 10.2 Å². The van der Waals surface area contributed by atoms with Gasteiger partial charge in [-0.3, -0.25) is 14.2 Å². The number of hydrogen-bond acceptors (Lipinski definition) is 7. The summed E-state index contributed by atoms with van der Waals surface area (Å²) in [6.45, 7) is 2.37. The molecule has 9 heteroatoms. The van der Waals surface area contributed by atoms with Gasteiger partial charge in [0.05, 0.1) is 12.0 Å². The molecule has 8 nitrogen and oxygen atoms in total. The summed E-state index contributed by atoms with van der Waals surface area (Å²) in [4.78, 5) is 24.0. The first-order valence-electron chi connectivity index (χ1n) is 9.72. The third kappa shape index (κ3) is 5.60. The summed E-state index contributed by atoms with van der Waals surface area (Å²) < 4.78 is 12.3. The van der Waals surface area contributed by atoms with Crippen molar-refractivity contribution in [3.8, 4) is 11.6 Å². The molecular formula is C19H26N4O4S. The van der Waals surface area contributed by atoms with Crippen molar-refractivity contribution in [1.82, 2.24) is 20.1 Å². The van der Waals surface area contributed by atoms with E-state index < -0.39 is 5.97 Å². The zero-order valence-electron chi connectivity index (χ0n) is 16.1. The predicted octanol–water partition coefficient (Wildman–Crippen LogP) is 3.03. The number of furan rings is 1. The number of ether oxygens (including phenoxy) is 1. The van der Waals surface area contributed by atoms with Crippen LogP contribution in [0.25, 0.3) is 11.6 Å². The maximum Gasteiger partial charge on any atom is 0.316 e. The molecular weight excluding hydrogens is 380 g/mol. The molecule has 1 aliphatic carbocycles. The third-order valence-corrected chi connectivity index (χ3v) is 5.62. The van der Waals surface area contributed by atoms with Crippen molar-refractivity contribution in [3.63, 3.8) is 0 Å². The molecule has 1 N–H and O–H groups in total. The lowest BCUT2D eigenvalue weighted by atomic mass is 10.1. The van der Waals surface area contributed by atoms with Gasteiger partial charge in [0.2, 0.25) is 0 Å². The average molecular weight is 407 g/mol. The van der Waals surface area contributed by atoms with Crippen LogP contribution in [0.1, 0.15) is 45.4 Å². The molecule has 3 rings (SSSR count). The molecule has 1 amide bonds. The minimum Gasteiger partial charge on any atom is -0.461 e. The van der Waals surface area contributed by atoms with Crippen LogP contribution < -0.4 is 5.32 Å². The van der Waals surface area contributed by atoms with E-state index in [2.05, 4.69) is 15.5 Å². The second-order valence-electron chi connectivity index (χ2n) is 6.73. The van der Waals surface area contributed by atoms with Crippen LogP contribution in [0.3, 0.4) is 0 Å². The van der Waals surface area contributed by atoms with Gasteiger partial charge < -0.3 is 14.5 Å². The Kier molecular flexibility index (Phi) is 7.53. The topological polar surface area (TPSA) is 99.2 Å². The molecule has 0 saturated heterocycles. The van der Waals surface area contributed by atoms with Crippen molar-refractivity contribution < 1.29 is 18.7 Å². The fourth-order valence-electron chi connectivity index (χ4n) is 3.27. The van der Waals surface area contributed by atoms with Crippen LogP contribution in [0, 0.1) is 0 Å². The van der Waals surface area contributed by atoms with E-state index in [1.165, 1.54) is 24.6 Å². The molecule has 1 aliphatic rings. The molecule has 28 heavy (non-hydrogen) atoms. The van der Waals surface area contributed by atoms with Crippen LogP contribution in [0.15, 0.2) is 28.0 Å². The van der Waals surface area contributed by atoms with E-state index in [0.29, 0.717) is 23.3 Å². The molecule has 0 spiro atoms. The molecule has 2 aromatic rings. The molecule has 0 unspecified atom stereocenters. The van der Waals surface area contributed by atoms with Gasteiger partial charge in [0.25, 0.3) is 5.91 Å².